The van der Waals surface area contributed by atoms with Crippen molar-refractivity contribution in [3.05, 3.63) is 41.2 Å². The van der Waals surface area contributed by atoms with Crippen molar-refractivity contribution in [2.24, 2.45) is 0 Å². The van der Waals surface area contributed by atoms with Crippen molar-refractivity contribution in [1.29, 1.82) is 0 Å². The standard InChI is InChI=1S/C20H30N4O/c1-16-18(17(2)24(22-16)13-14-25)15-21-19-9-5-6-10-20(19)23-11-7-3-4-8-12-23/h5-6,9-10,21,25H,3-4,7-8,11-15H2,1-2H3. The van der Waals surface area contributed by atoms with E-state index in [1.54, 1.807) is 0 Å². The molecule has 0 aliphatic carbocycles. The number of rotatable bonds is 6. The van der Waals surface area contributed by atoms with E-state index in [0.29, 0.717) is 6.54 Å². The Morgan fingerprint density at radius 3 is 2.52 bits per heavy atom. The molecule has 2 aromatic rings. The van der Waals surface area contributed by atoms with Gasteiger partial charge in [0.25, 0.3) is 0 Å². The first-order chi connectivity index (χ1) is 12.2. The molecule has 1 saturated heterocycles. The average molecular weight is 342 g/mol. The maximum Gasteiger partial charge on any atom is 0.0646 e. The van der Waals surface area contributed by atoms with Crippen LogP contribution in [0.3, 0.4) is 0 Å². The lowest BCUT2D eigenvalue weighted by atomic mass is 10.1. The van der Waals surface area contributed by atoms with Crippen LogP contribution < -0.4 is 10.2 Å². The fraction of sp³-hybridized carbons (Fsp3) is 0.550. The van der Waals surface area contributed by atoms with E-state index in [2.05, 4.69) is 46.5 Å². The topological polar surface area (TPSA) is 53.3 Å². The molecule has 25 heavy (non-hydrogen) atoms. The molecule has 0 spiro atoms. The smallest absolute Gasteiger partial charge is 0.0646 e. The molecule has 2 heterocycles. The number of nitrogens with zero attached hydrogens (tertiary/aromatic N) is 3. The van der Waals surface area contributed by atoms with E-state index in [9.17, 15) is 5.11 Å². The molecule has 5 nitrogen and oxygen atoms in total. The van der Waals surface area contributed by atoms with E-state index in [1.807, 2.05) is 11.6 Å². The summed E-state index contributed by atoms with van der Waals surface area (Å²) in [6.07, 6.45) is 5.24. The SMILES string of the molecule is Cc1nn(CCO)c(C)c1CNc1ccccc1N1CCCCCC1. The second-order valence-corrected chi connectivity index (χ2v) is 6.87. The van der Waals surface area contributed by atoms with Crippen LogP contribution in [-0.4, -0.2) is 34.6 Å². The lowest BCUT2D eigenvalue weighted by molar-refractivity contribution is 0.268. The molecule has 0 unspecified atom stereocenters. The summed E-state index contributed by atoms with van der Waals surface area (Å²) in [5.41, 5.74) is 5.89. The third-order valence-corrected chi connectivity index (χ3v) is 5.15. The van der Waals surface area contributed by atoms with Crippen molar-refractivity contribution in [3.8, 4) is 0 Å². The van der Waals surface area contributed by atoms with Crippen LogP contribution in [0.25, 0.3) is 0 Å². The first kappa shape index (κ1) is 17.8. The zero-order chi connectivity index (χ0) is 17.6. The van der Waals surface area contributed by atoms with Crippen LogP contribution in [0, 0.1) is 13.8 Å². The summed E-state index contributed by atoms with van der Waals surface area (Å²) in [6.45, 7) is 7.83. The van der Waals surface area contributed by atoms with Crippen molar-refractivity contribution >= 4 is 11.4 Å². The Morgan fingerprint density at radius 1 is 1.08 bits per heavy atom. The van der Waals surface area contributed by atoms with Crippen LogP contribution in [0.1, 0.15) is 42.6 Å². The van der Waals surface area contributed by atoms with Crippen molar-refractivity contribution < 1.29 is 5.11 Å². The maximum atomic E-state index is 9.17. The van der Waals surface area contributed by atoms with Gasteiger partial charge in [-0.15, -0.1) is 0 Å². The van der Waals surface area contributed by atoms with E-state index in [4.69, 9.17) is 0 Å². The first-order valence-corrected chi connectivity index (χ1v) is 9.42. The summed E-state index contributed by atoms with van der Waals surface area (Å²) in [5, 5.41) is 17.3. The molecule has 2 N–H and O–H groups in total. The summed E-state index contributed by atoms with van der Waals surface area (Å²) in [6, 6.07) is 8.62. The van der Waals surface area contributed by atoms with E-state index < -0.39 is 0 Å². The second-order valence-electron chi connectivity index (χ2n) is 6.87. The van der Waals surface area contributed by atoms with Gasteiger partial charge >= 0.3 is 0 Å². The minimum absolute atomic E-state index is 0.118. The number of hydrogen-bond donors (Lipinski definition) is 2. The zero-order valence-corrected chi connectivity index (χ0v) is 15.5. The average Bonchev–Trinajstić information content (AvgIpc) is 2.82. The van der Waals surface area contributed by atoms with Gasteiger partial charge in [0.05, 0.1) is 30.2 Å². The lowest BCUT2D eigenvalue weighted by Gasteiger charge is -2.25. The molecule has 1 aliphatic heterocycles. The van der Waals surface area contributed by atoms with Crippen LogP contribution in [-0.2, 0) is 13.1 Å². The van der Waals surface area contributed by atoms with Gasteiger partial charge in [0, 0.05) is 30.9 Å². The van der Waals surface area contributed by atoms with Gasteiger partial charge in [-0.05, 0) is 38.8 Å². The molecule has 0 radical (unpaired) electrons. The molecule has 0 atom stereocenters. The van der Waals surface area contributed by atoms with Gasteiger partial charge < -0.3 is 15.3 Å². The molecule has 1 aliphatic rings. The summed E-state index contributed by atoms with van der Waals surface area (Å²) >= 11 is 0. The van der Waals surface area contributed by atoms with Crippen LogP contribution in [0.15, 0.2) is 24.3 Å². The maximum absolute atomic E-state index is 9.17. The summed E-state index contributed by atoms with van der Waals surface area (Å²) in [7, 11) is 0. The van der Waals surface area contributed by atoms with Gasteiger partial charge in [-0.25, -0.2) is 0 Å². The molecule has 0 bridgehead atoms. The predicted octanol–water partition coefficient (Wildman–Crippen LogP) is 3.48. The van der Waals surface area contributed by atoms with Gasteiger partial charge in [-0.1, -0.05) is 25.0 Å². The van der Waals surface area contributed by atoms with Crippen molar-refractivity contribution in [1.82, 2.24) is 9.78 Å². The van der Waals surface area contributed by atoms with Gasteiger partial charge in [-0.2, -0.15) is 5.10 Å². The lowest BCUT2D eigenvalue weighted by Crippen LogP contribution is -2.24. The fourth-order valence-electron chi connectivity index (χ4n) is 3.70. The van der Waals surface area contributed by atoms with Gasteiger partial charge in [-0.3, -0.25) is 4.68 Å². The van der Waals surface area contributed by atoms with Crippen LogP contribution >= 0.6 is 0 Å². The number of nitrogens with one attached hydrogen (secondary N) is 1. The van der Waals surface area contributed by atoms with E-state index in [-0.39, 0.29) is 6.61 Å². The molecular weight excluding hydrogens is 312 g/mol. The highest BCUT2D eigenvalue weighted by atomic mass is 16.3. The molecule has 0 saturated carbocycles. The van der Waals surface area contributed by atoms with Gasteiger partial charge in [0.2, 0.25) is 0 Å². The third-order valence-electron chi connectivity index (χ3n) is 5.15. The number of aryl methyl sites for hydroxylation is 1. The molecule has 0 amide bonds. The fourth-order valence-corrected chi connectivity index (χ4v) is 3.70. The van der Waals surface area contributed by atoms with Gasteiger partial charge in [0.1, 0.15) is 0 Å². The molecule has 136 valence electrons. The molecule has 1 aromatic carbocycles. The minimum atomic E-state index is 0.118. The Balaban J connectivity index is 1.76. The van der Waals surface area contributed by atoms with Crippen LogP contribution in [0.5, 0.6) is 0 Å². The number of aliphatic hydroxyl groups is 1. The van der Waals surface area contributed by atoms with E-state index >= 15 is 0 Å². The summed E-state index contributed by atoms with van der Waals surface area (Å²) < 4.78 is 1.90. The van der Waals surface area contributed by atoms with Crippen molar-refractivity contribution in [2.45, 2.75) is 52.6 Å². The zero-order valence-electron chi connectivity index (χ0n) is 15.5. The molecular formula is C20H30N4O. The van der Waals surface area contributed by atoms with E-state index in [0.717, 1.165) is 31.0 Å². The first-order valence-electron chi connectivity index (χ1n) is 9.42. The Morgan fingerprint density at radius 2 is 1.80 bits per heavy atom. The highest BCUT2D eigenvalue weighted by molar-refractivity contribution is 5.70. The second kappa shape index (κ2) is 8.39. The number of para-hydroxylation sites is 2. The number of aromatic nitrogens is 2. The molecule has 1 fully saturated rings. The minimum Gasteiger partial charge on any atom is -0.394 e. The van der Waals surface area contributed by atoms with E-state index in [1.165, 1.54) is 42.6 Å². The summed E-state index contributed by atoms with van der Waals surface area (Å²) in [4.78, 5) is 2.52. The quantitative estimate of drug-likeness (QED) is 0.844. The molecule has 5 heteroatoms. The number of hydrogen-bond acceptors (Lipinski definition) is 4. The highest BCUT2D eigenvalue weighted by Gasteiger charge is 2.15. The molecule has 3 rings (SSSR count). The normalized spacial score (nSPS) is 15.2. The Bertz CT molecular complexity index is 687. The Kier molecular flexibility index (Phi) is 5.97. The van der Waals surface area contributed by atoms with Gasteiger partial charge in [0.15, 0.2) is 0 Å². The van der Waals surface area contributed by atoms with Crippen LogP contribution in [0.4, 0.5) is 11.4 Å². The Hall–Kier alpha value is -2.01. The highest BCUT2D eigenvalue weighted by Crippen LogP contribution is 2.28. The molecule has 1 aromatic heterocycles. The Labute approximate surface area is 150 Å². The van der Waals surface area contributed by atoms with Crippen molar-refractivity contribution in [2.75, 3.05) is 29.9 Å². The summed E-state index contributed by atoms with van der Waals surface area (Å²) in [5.74, 6) is 0. The monoisotopic (exact) mass is 342 g/mol. The third kappa shape index (κ3) is 4.15. The predicted molar refractivity (Wildman–Crippen MR) is 103 cm³/mol. The van der Waals surface area contributed by atoms with Crippen molar-refractivity contribution in [3.63, 3.8) is 0 Å². The number of aliphatic hydroxyl groups excluding tert-OH is 1. The largest absolute Gasteiger partial charge is 0.394 e. The number of anilines is 2. The number of benzene rings is 1. The van der Waals surface area contributed by atoms with Crippen LogP contribution in [0.2, 0.25) is 0 Å².